The summed E-state index contributed by atoms with van der Waals surface area (Å²) in [5.41, 5.74) is 1.27. The van der Waals surface area contributed by atoms with Crippen LogP contribution in [0.15, 0.2) is 72.8 Å². The minimum Gasteiger partial charge on any atom is -0.423 e. The predicted molar refractivity (Wildman–Crippen MR) is 151 cm³/mol. The number of amides is 3. The van der Waals surface area contributed by atoms with Crippen molar-refractivity contribution < 1.29 is 33.6 Å². The van der Waals surface area contributed by atoms with Gasteiger partial charge in [0, 0.05) is 23.3 Å². The maximum atomic E-state index is 13.7. The number of benzene rings is 3. The van der Waals surface area contributed by atoms with Gasteiger partial charge in [-0.2, -0.15) is 5.01 Å². The molecule has 1 saturated heterocycles. The number of aryl methyl sites for hydroxylation is 1. The second kappa shape index (κ2) is 10.9. The number of ketones is 1. The Kier molecular flexibility index (Phi) is 7.09. The average molecular weight is 582 g/mol. The van der Waals surface area contributed by atoms with Gasteiger partial charge in [-0.15, -0.1) is 0 Å². The van der Waals surface area contributed by atoms with Crippen LogP contribution in [-0.2, 0) is 9.59 Å². The van der Waals surface area contributed by atoms with E-state index in [0.717, 1.165) is 47.0 Å². The van der Waals surface area contributed by atoms with Crippen LogP contribution in [-0.4, -0.2) is 51.0 Å². The van der Waals surface area contributed by atoms with E-state index >= 15 is 0 Å². The van der Waals surface area contributed by atoms with Crippen molar-refractivity contribution in [3.8, 4) is 5.75 Å². The van der Waals surface area contributed by atoms with E-state index in [9.17, 15) is 34.1 Å². The van der Waals surface area contributed by atoms with Gasteiger partial charge in [0.2, 0.25) is 0 Å². The number of esters is 1. The lowest BCUT2D eigenvalue weighted by Crippen LogP contribution is -2.52. The fraction of sp³-hybridized carbons (Fsp3) is 0.281. The number of nitro groups is 1. The number of Topliss-reactive ketones (excluding diaryl/α,β-unsaturated/α-hetero) is 1. The number of hydrogen-bond acceptors (Lipinski definition) is 8. The second-order valence-electron chi connectivity index (χ2n) is 11.2. The Balaban J connectivity index is 1.24. The highest BCUT2D eigenvalue weighted by molar-refractivity contribution is 6.10. The normalized spacial score (nSPS) is 21.9. The summed E-state index contributed by atoms with van der Waals surface area (Å²) >= 11 is 0. The first kappa shape index (κ1) is 28.0. The Morgan fingerprint density at radius 2 is 1.37 bits per heavy atom. The summed E-state index contributed by atoms with van der Waals surface area (Å²) in [4.78, 5) is 77.2. The Hall–Kier alpha value is -5.19. The molecular formula is C32H27N3O8. The van der Waals surface area contributed by atoms with Crippen LogP contribution in [0.25, 0.3) is 0 Å². The van der Waals surface area contributed by atoms with Gasteiger partial charge in [-0.25, -0.2) is 9.80 Å². The number of ether oxygens (including phenoxy) is 1. The molecule has 11 nitrogen and oxygen atoms in total. The molecule has 1 heterocycles. The third-order valence-corrected chi connectivity index (χ3v) is 8.67. The van der Waals surface area contributed by atoms with E-state index in [1.165, 1.54) is 36.4 Å². The van der Waals surface area contributed by atoms with E-state index in [1.54, 1.807) is 24.3 Å². The van der Waals surface area contributed by atoms with Gasteiger partial charge in [0.25, 0.3) is 23.4 Å². The molecule has 1 aliphatic heterocycles. The maximum absolute atomic E-state index is 13.7. The van der Waals surface area contributed by atoms with Crippen LogP contribution in [0.2, 0.25) is 0 Å². The van der Waals surface area contributed by atoms with Crippen LogP contribution in [0, 0.1) is 40.7 Å². The molecule has 6 rings (SSSR count). The van der Waals surface area contributed by atoms with E-state index in [1.807, 2.05) is 6.92 Å². The molecule has 2 saturated carbocycles. The first-order valence-corrected chi connectivity index (χ1v) is 14.0. The summed E-state index contributed by atoms with van der Waals surface area (Å²) in [5.74, 6) is -3.62. The topological polar surface area (TPSA) is 144 Å². The molecule has 3 aromatic carbocycles. The molecule has 0 radical (unpaired) electrons. The summed E-state index contributed by atoms with van der Waals surface area (Å²) in [6, 6.07) is 17.3. The molecule has 3 aromatic rings. The van der Waals surface area contributed by atoms with Gasteiger partial charge in [0.1, 0.15) is 12.3 Å². The van der Waals surface area contributed by atoms with Crippen LogP contribution >= 0.6 is 0 Å². The molecule has 2 bridgehead atoms. The summed E-state index contributed by atoms with van der Waals surface area (Å²) in [5, 5.41) is 12.8. The van der Waals surface area contributed by atoms with E-state index in [2.05, 4.69) is 0 Å². The molecule has 0 spiro atoms. The number of imide groups is 1. The number of nitro benzene ring substituents is 1. The zero-order valence-corrected chi connectivity index (χ0v) is 23.2. The van der Waals surface area contributed by atoms with Crippen molar-refractivity contribution in [1.29, 1.82) is 0 Å². The number of carbonyl (C=O) groups excluding carboxylic acids is 5. The van der Waals surface area contributed by atoms with E-state index in [-0.39, 0.29) is 34.4 Å². The van der Waals surface area contributed by atoms with Crippen molar-refractivity contribution in [1.82, 2.24) is 10.0 Å². The fourth-order valence-corrected chi connectivity index (χ4v) is 6.53. The largest absolute Gasteiger partial charge is 0.423 e. The number of nitrogens with zero attached hydrogens (tertiary/aromatic N) is 3. The molecular weight excluding hydrogens is 554 g/mol. The molecule has 2 aliphatic carbocycles. The van der Waals surface area contributed by atoms with Crippen LogP contribution in [0.4, 0.5) is 5.69 Å². The van der Waals surface area contributed by atoms with Crippen LogP contribution < -0.4 is 4.74 Å². The van der Waals surface area contributed by atoms with Crippen LogP contribution in [0.3, 0.4) is 0 Å². The minimum atomic E-state index is -0.805. The molecule has 0 N–H and O–H groups in total. The molecule has 4 atom stereocenters. The molecule has 3 fully saturated rings. The molecule has 11 heteroatoms. The third kappa shape index (κ3) is 5.07. The van der Waals surface area contributed by atoms with Gasteiger partial charge in [-0.1, -0.05) is 17.7 Å². The summed E-state index contributed by atoms with van der Waals surface area (Å²) in [6.07, 6.45) is 2.49. The number of rotatable bonds is 8. The summed E-state index contributed by atoms with van der Waals surface area (Å²) < 4.78 is 5.40. The molecule has 0 aromatic heterocycles. The van der Waals surface area contributed by atoms with Crippen molar-refractivity contribution >= 4 is 35.2 Å². The molecule has 3 amide bonds. The van der Waals surface area contributed by atoms with Crippen molar-refractivity contribution in [2.45, 2.75) is 26.2 Å². The Morgan fingerprint density at radius 3 is 1.93 bits per heavy atom. The van der Waals surface area contributed by atoms with Gasteiger partial charge in [-0.05, 0) is 86.6 Å². The molecule has 43 heavy (non-hydrogen) atoms. The fourth-order valence-electron chi connectivity index (χ4n) is 6.53. The number of fused-ring (bicyclic) bond motifs is 5. The zero-order valence-electron chi connectivity index (χ0n) is 23.2. The maximum Gasteiger partial charge on any atom is 0.343 e. The second-order valence-corrected chi connectivity index (χ2v) is 11.2. The van der Waals surface area contributed by atoms with Crippen LogP contribution in [0.1, 0.15) is 55.9 Å². The van der Waals surface area contributed by atoms with Gasteiger partial charge < -0.3 is 4.74 Å². The van der Waals surface area contributed by atoms with Gasteiger partial charge in [0.05, 0.1) is 22.3 Å². The average Bonchev–Trinajstić information content (AvgIpc) is 3.70. The number of hydrazine groups is 1. The Morgan fingerprint density at radius 1 is 0.837 bits per heavy atom. The van der Waals surface area contributed by atoms with E-state index in [0.29, 0.717) is 5.56 Å². The van der Waals surface area contributed by atoms with Crippen molar-refractivity contribution in [2.75, 3.05) is 6.54 Å². The first-order valence-electron chi connectivity index (χ1n) is 14.0. The number of hydrogen-bond donors (Lipinski definition) is 0. The van der Waals surface area contributed by atoms with Crippen molar-refractivity contribution in [2.24, 2.45) is 23.7 Å². The lowest BCUT2D eigenvalue weighted by Gasteiger charge is -2.30. The number of non-ortho nitro benzene ring substituents is 1. The highest BCUT2D eigenvalue weighted by atomic mass is 16.6. The molecule has 218 valence electrons. The quantitative estimate of drug-likeness (QED) is 0.0951. The first-order chi connectivity index (χ1) is 20.6. The third-order valence-electron chi connectivity index (χ3n) is 8.67. The monoisotopic (exact) mass is 581 g/mol. The standard InChI is InChI=1S/C32H27N3O8/c1-18-2-4-21(5-3-18)32(40)43-25-14-10-19(11-15-25)26(36)17-33(29(37)20-8-12-24(13-9-20)35(41)42)34-30(38)27-22-6-7-23(16-22)28(27)31(34)39/h2-5,8-15,22-23,27-28H,6-7,16-17H2,1H3/t22-,23-,27-,28-/m0/s1. The summed E-state index contributed by atoms with van der Waals surface area (Å²) in [6.45, 7) is 1.28. The SMILES string of the molecule is Cc1ccc(C(=O)Oc2ccc(C(=O)CN(C(=O)c3ccc([N+](=O)[O-])cc3)N3C(=O)[C@H]4[C@H]5CC[C@@H](C5)[C@@H]4C3=O)cc2)cc1. The summed E-state index contributed by atoms with van der Waals surface area (Å²) in [7, 11) is 0. The molecule has 0 unspecified atom stereocenters. The highest BCUT2D eigenvalue weighted by Crippen LogP contribution is 2.56. The lowest BCUT2D eigenvalue weighted by atomic mass is 9.81. The van der Waals surface area contributed by atoms with Crippen LogP contribution in [0.5, 0.6) is 5.75 Å². The lowest BCUT2D eigenvalue weighted by molar-refractivity contribution is -0.384. The van der Waals surface area contributed by atoms with E-state index in [4.69, 9.17) is 4.74 Å². The molecule has 3 aliphatic rings. The minimum absolute atomic E-state index is 0.0163. The Labute approximate surface area is 246 Å². The van der Waals surface area contributed by atoms with Crippen molar-refractivity contribution in [3.63, 3.8) is 0 Å². The van der Waals surface area contributed by atoms with Gasteiger partial charge in [0.15, 0.2) is 5.78 Å². The predicted octanol–water partition coefficient (Wildman–Crippen LogP) is 4.39. The van der Waals surface area contributed by atoms with Gasteiger partial charge in [-0.3, -0.25) is 29.3 Å². The zero-order chi connectivity index (χ0) is 30.4. The van der Waals surface area contributed by atoms with Gasteiger partial charge >= 0.3 is 5.97 Å². The Bertz CT molecular complexity index is 1620. The van der Waals surface area contributed by atoms with E-state index < -0.39 is 52.8 Å². The number of carbonyl (C=O) groups is 5. The smallest absolute Gasteiger partial charge is 0.343 e. The highest BCUT2D eigenvalue weighted by Gasteiger charge is 2.62. The van der Waals surface area contributed by atoms with Crippen molar-refractivity contribution in [3.05, 3.63) is 105 Å².